The SMILES string of the molecule is NC(=O)C1CCN([C@H](c2ccccc2F)c2nnnn2CCc2ccccc2)CC1. The summed E-state index contributed by atoms with van der Waals surface area (Å²) in [4.78, 5) is 13.7. The molecule has 1 atom stereocenters. The first kappa shape index (κ1) is 20.2. The van der Waals surface area contributed by atoms with Crippen LogP contribution in [0.3, 0.4) is 0 Å². The fourth-order valence-electron chi connectivity index (χ4n) is 4.08. The van der Waals surface area contributed by atoms with Gasteiger partial charge in [0.25, 0.3) is 0 Å². The molecule has 1 aliphatic rings. The van der Waals surface area contributed by atoms with Gasteiger partial charge in [0.1, 0.15) is 11.9 Å². The first-order valence-corrected chi connectivity index (χ1v) is 10.2. The van der Waals surface area contributed by atoms with Gasteiger partial charge in [0.15, 0.2) is 5.82 Å². The molecular formula is C22H25FN6O. The Hall–Kier alpha value is -3.13. The van der Waals surface area contributed by atoms with Crippen LogP contribution < -0.4 is 5.73 Å². The molecular weight excluding hydrogens is 383 g/mol. The maximum absolute atomic E-state index is 14.8. The van der Waals surface area contributed by atoms with Gasteiger partial charge in [-0.15, -0.1) is 5.10 Å². The van der Waals surface area contributed by atoms with E-state index in [2.05, 4.69) is 32.6 Å². The van der Waals surface area contributed by atoms with Gasteiger partial charge in [0.05, 0.1) is 0 Å². The molecule has 3 aromatic rings. The number of hydrogen-bond donors (Lipinski definition) is 1. The number of rotatable bonds is 7. The molecule has 30 heavy (non-hydrogen) atoms. The molecule has 4 rings (SSSR count). The summed E-state index contributed by atoms with van der Waals surface area (Å²) in [5.41, 5.74) is 7.20. The summed E-state index contributed by atoms with van der Waals surface area (Å²) in [7, 11) is 0. The molecule has 156 valence electrons. The fourth-order valence-corrected chi connectivity index (χ4v) is 4.08. The second-order valence-corrected chi connectivity index (χ2v) is 7.63. The summed E-state index contributed by atoms with van der Waals surface area (Å²) in [6, 6.07) is 16.4. The number of aromatic nitrogens is 4. The number of nitrogens with zero attached hydrogens (tertiary/aromatic N) is 5. The van der Waals surface area contributed by atoms with E-state index in [1.54, 1.807) is 16.8 Å². The second kappa shape index (κ2) is 9.13. The van der Waals surface area contributed by atoms with Gasteiger partial charge in [-0.1, -0.05) is 48.5 Å². The van der Waals surface area contributed by atoms with Crippen molar-refractivity contribution in [1.29, 1.82) is 0 Å². The largest absolute Gasteiger partial charge is 0.369 e. The van der Waals surface area contributed by atoms with Gasteiger partial charge < -0.3 is 5.73 Å². The zero-order valence-corrected chi connectivity index (χ0v) is 16.7. The lowest BCUT2D eigenvalue weighted by Gasteiger charge is -2.36. The fraction of sp³-hybridized carbons (Fsp3) is 0.364. The van der Waals surface area contributed by atoms with E-state index in [9.17, 15) is 9.18 Å². The maximum atomic E-state index is 14.8. The molecule has 1 fully saturated rings. The minimum absolute atomic E-state index is 0.142. The molecule has 1 saturated heterocycles. The Kier molecular flexibility index (Phi) is 6.13. The van der Waals surface area contributed by atoms with Crippen LogP contribution >= 0.6 is 0 Å². The Labute approximate surface area is 174 Å². The Morgan fingerprint density at radius 2 is 1.80 bits per heavy atom. The number of amides is 1. The highest BCUT2D eigenvalue weighted by Crippen LogP contribution is 2.32. The highest BCUT2D eigenvalue weighted by molar-refractivity contribution is 5.76. The molecule has 0 radical (unpaired) electrons. The quantitative estimate of drug-likeness (QED) is 0.648. The monoisotopic (exact) mass is 408 g/mol. The van der Waals surface area contributed by atoms with Gasteiger partial charge in [-0.3, -0.25) is 9.69 Å². The van der Waals surface area contributed by atoms with E-state index in [1.807, 2.05) is 24.3 Å². The Morgan fingerprint density at radius 3 is 2.50 bits per heavy atom. The number of halogens is 1. The van der Waals surface area contributed by atoms with Crippen LogP contribution in [0.4, 0.5) is 4.39 Å². The first-order valence-electron chi connectivity index (χ1n) is 10.2. The van der Waals surface area contributed by atoms with Crippen molar-refractivity contribution in [2.45, 2.75) is 31.8 Å². The first-order chi connectivity index (χ1) is 14.6. The van der Waals surface area contributed by atoms with E-state index >= 15 is 0 Å². The van der Waals surface area contributed by atoms with E-state index in [0.717, 1.165) is 6.42 Å². The van der Waals surface area contributed by atoms with Gasteiger partial charge in [-0.05, 0) is 54.4 Å². The predicted octanol–water partition coefficient (Wildman–Crippen LogP) is 2.34. The van der Waals surface area contributed by atoms with Crippen LogP contribution in [0.15, 0.2) is 54.6 Å². The number of tetrazole rings is 1. The van der Waals surface area contributed by atoms with Crippen LogP contribution in [0, 0.1) is 11.7 Å². The second-order valence-electron chi connectivity index (χ2n) is 7.63. The highest BCUT2D eigenvalue weighted by atomic mass is 19.1. The van der Waals surface area contributed by atoms with Crippen LogP contribution in [0.1, 0.15) is 35.8 Å². The zero-order chi connectivity index (χ0) is 20.9. The Bertz CT molecular complexity index is 984. The van der Waals surface area contributed by atoms with Crippen molar-refractivity contribution in [2.24, 2.45) is 11.7 Å². The summed E-state index contributed by atoms with van der Waals surface area (Å²) >= 11 is 0. The van der Waals surface area contributed by atoms with Gasteiger partial charge >= 0.3 is 0 Å². The third kappa shape index (κ3) is 4.38. The van der Waals surface area contributed by atoms with Crippen molar-refractivity contribution in [3.8, 4) is 0 Å². The molecule has 0 bridgehead atoms. The summed E-state index contributed by atoms with van der Waals surface area (Å²) in [5, 5.41) is 12.3. The number of carbonyl (C=O) groups excluding carboxylic acids is 1. The number of likely N-dealkylation sites (tertiary alicyclic amines) is 1. The number of nitrogens with two attached hydrogens (primary N) is 1. The van der Waals surface area contributed by atoms with Crippen molar-refractivity contribution >= 4 is 5.91 Å². The topological polar surface area (TPSA) is 89.9 Å². The molecule has 2 aromatic carbocycles. The maximum Gasteiger partial charge on any atom is 0.220 e. The number of benzene rings is 2. The Morgan fingerprint density at radius 1 is 1.10 bits per heavy atom. The van der Waals surface area contributed by atoms with Crippen molar-refractivity contribution in [1.82, 2.24) is 25.1 Å². The molecule has 8 heteroatoms. The molecule has 2 N–H and O–H groups in total. The van der Waals surface area contributed by atoms with Gasteiger partial charge in [-0.25, -0.2) is 9.07 Å². The number of aryl methyl sites for hydroxylation is 2. The highest BCUT2D eigenvalue weighted by Gasteiger charge is 2.33. The van der Waals surface area contributed by atoms with Crippen LogP contribution in [0.25, 0.3) is 0 Å². The molecule has 0 saturated carbocycles. The van der Waals surface area contributed by atoms with E-state index < -0.39 is 6.04 Å². The number of piperidine rings is 1. The zero-order valence-electron chi connectivity index (χ0n) is 16.7. The average molecular weight is 408 g/mol. The van der Waals surface area contributed by atoms with Crippen LogP contribution in [-0.2, 0) is 17.8 Å². The van der Waals surface area contributed by atoms with Crippen molar-refractivity contribution < 1.29 is 9.18 Å². The van der Waals surface area contributed by atoms with Crippen molar-refractivity contribution in [2.75, 3.05) is 13.1 Å². The number of carbonyl (C=O) groups is 1. The summed E-state index contributed by atoms with van der Waals surface area (Å²) in [5.74, 6) is -0.105. The Balaban J connectivity index is 1.62. The minimum atomic E-state index is -0.425. The molecule has 0 unspecified atom stereocenters. The van der Waals surface area contributed by atoms with E-state index in [-0.39, 0.29) is 17.6 Å². The molecule has 0 aliphatic carbocycles. The lowest BCUT2D eigenvalue weighted by atomic mass is 9.93. The molecule has 1 aromatic heterocycles. The predicted molar refractivity (Wildman–Crippen MR) is 110 cm³/mol. The smallest absolute Gasteiger partial charge is 0.220 e. The molecule has 0 spiro atoms. The molecule has 7 nitrogen and oxygen atoms in total. The summed E-state index contributed by atoms with van der Waals surface area (Å²) in [6.45, 7) is 1.84. The van der Waals surface area contributed by atoms with Crippen LogP contribution in [0.2, 0.25) is 0 Å². The average Bonchev–Trinajstić information content (AvgIpc) is 3.23. The van der Waals surface area contributed by atoms with Crippen molar-refractivity contribution in [3.05, 3.63) is 77.4 Å². The van der Waals surface area contributed by atoms with E-state index in [0.29, 0.717) is 43.9 Å². The third-order valence-electron chi connectivity index (χ3n) is 5.76. The van der Waals surface area contributed by atoms with Crippen LogP contribution in [-0.4, -0.2) is 44.1 Å². The van der Waals surface area contributed by atoms with Crippen LogP contribution in [0.5, 0.6) is 0 Å². The van der Waals surface area contributed by atoms with E-state index in [4.69, 9.17) is 5.73 Å². The number of hydrogen-bond acceptors (Lipinski definition) is 5. The molecule has 1 aliphatic heterocycles. The minimum Gasteiger partial charge on any atom is -0.369 e. The van der Waals surface area contributed by atoms with E-state index in [1.165, 1.54) is 11.6 Å². The molecule has 2 heterocycles. The third-order valence-corrected chi connectivity index (χ3v) is 5.76. The standard InChI is InChI=1S/C22H25FN6O/c23-19-9-5-4-8-18(19)20(28-13-11-17(12-14-28)21(24)30)22-25-26-27-29(22)15-10-16-6-2-1-3-7-16/h1-9,17,20H,10-15H2,(H2,24,30)/t20-/m1/s1. The lowest BCUT2D eigenvalue weighted by molar-refractivity contribution is -0.123. The number of primary amides is 1. The summed E-state index contributed by atoms with van der Waals surface area (Å²) in [6.07, 6.45) is 2.06. The van der Waals surface area contributed by atoms with Gasteiger partial charge in [0.2, 0.25) is 5.91 Å². The van der Waals surface area contributed by atoms with Gasteiger partial charge in [0, 0.05) is 18.0 Å². The normalized spacial score (nSPS) is 16.4. The summed E-state index contributed by atoms with van der Waals surface area (Å²) < 4.78 is 16.5. The molecule has 1 amide bonds. The van der Waals surface area contributed by atoms with Gasteiger partial charge in [-0.2, -0.15) is 0 Å². The van der Waals surface area contributed by atoms with Crippen molar-refractivity contribution in [3.63, 3.8) is 0 Å². The lowest BCUT2D eigenvalue weighted by Crippen LogP contribution is -2.41.